The van der Waals surface area contributed by atoms with Crippen LogP contribution in [-0.4, -0.2) is 26.9 Å². The average molecular weight is 339 g/mol. The van der Waals surface area contributed by atoms with Gasteiger partial charge in [-0.25, -0.2) is 8.42 Å². The number of carbonyl (C=O) groups excluding carboxylic acids is 1. The third-order valence-corrected chi connectivity index (χ3v) is 4.99. The summed E-state index contributed by atoms with van der Waals surface area (Å²) in [5.41, 5.74) is 0. The smallest absolute Gasteiger partial charge is 0.242 e. The van der Waals surface area contributed by atoms with Gasteiger partial charge in [0.15, 0.2) is 0 Å². The molecular weight excluding hydrogens is 323 g/mol. The summed E-state index contributed by atoms with van der Waals surface area (Å²) in [7, 11) is -3.91. The molecule has 0 saturated carbocycles. The van der Waals surface area contributed by atoms with Crippen LogP contribution in [0.25, 0.3) is 0 Å². The number of hydrogen-bond donors (Lipinski definition) is 2. The molecule has 5 nitrogen and oxygen atoms in total. The Hall–Kier alpha value is -0.820. The van der Waals surface area contributed by atoms with E-state index in [0.29, 0.717) is 6.54 Å². The molecule has 2 N–H and O–H groups in total. The van der Waals surface area contributed by atoms with Crippen LogP contribution >= 0.6 is 23.2 Å². The van der Waals surface area contributed by atoms with Crippen molar-refractivity contribution in [3.05, 3.63) is 28.2 Å². The highest BCUT2D eigenvalue weighted by molar-refractivity contribution is 7.89. The van der Waals surface area contributed by atoms with Crippen molar-refractivity contribution in [3.8, 4) is 0 Å². The van der Waals surface area contributed by atoms with Gasteiger partial charge >= 0.3 is 0 Å². The standard InChI is InChI=1S/C12H16Cl2N2O3S/c1-3-7-15-12(17)8(2)16-20(18,19)10-6-4-5-9(13)11(10)14/h4-6,8,16H,3,7H2,1-2H3,(H,15,17)/t8-/m0/s1. The van der Waals surface area contributed by atoms with E-state index in [4.69, 9.17) is 23.2 Å². The van der Waals surface area contributed by atoms with Crippen LogP contribution < -0.4 is 10.0 Å². The molecule has 0 fully saturated rings. The third-order valence-electron chi connectivity index (χ3n) is 2.48. The van der Waals surface area contributed by atoms with E-state index in [1.165, 1.54) is 25.1 Å². The van der Waals surface area contributed by atoms with Crippen molar-refractivity contribution in [2.45, 2.75) is 31.2 Å². The van der Waals surface area contributed by atoms with Crippen LogP contribution in [0.15, 0.2) is 23.1 Å². The van der Waals surface area contributed by atoms with Gasteiger partial charge in [-0.15, -0.1) is 0 Å². The molecule has 0 unspecified atom stereocenters. The van der Waals surface area contributed by atoms with Crippen LogP contribution in [0.4, 0.5) is 0 Å². The Labute approximate surface area is 128 Å². The molecule has 0 heterocycles. The summed E-state index contributed by atoms with van der Waals surface area (Å²) in [6.45, 7) is 3.85. The summed E-state index contributed by atoms with van der Waals surface area (Å²) in [5.74, 6) is -0.395. The molecule has 8 heteroatoms. The van der Waals surface area contributed by atoms with Gasteiger partial charge in [0.1, 0.15) is 4.90 Å². The Morgan fingerprint density at radius 3 is 2.60 bits per heavy atom. The minimum atomic E-state index is -3.91. The SMILES string of the molecule is CCCNC(=O)[C@H](C)NS(=O)(=O)c1cccc(Cl)c1Cl. The fourth-order valence-corrected chi connectivity index (χ4v) is 3.41. The summed E-state index contributed by atoms with van der Waals surface area (Å²) in [6, 6.07) is 3.39. The average Bonchev–Trinajstić information content (AvgIpc) is 2.38. The van der Waals surface area contributed by atoms with Crippen molar-refractivity contribution in [1.29, 1.82) is 0 Å². The van der Waals surface area contributed by atoms with E-state index in [-0.39, 0.29) is 14.9 Å². The van der Waals surface area contributed by atoms with Gasteiger partial charge in [-0.2, -0.15) is 4.72 Å². The molecule has 0 aromatic heterocycles. The van der Waals surface area contributed by atoms with E-state index in [2.05, 4.69) is 10.0 Å². The molecule has 0 aliphatic heterocycles. The maximum absolute atomic E-state index is 12.2. The zero-order valence-electron chi connectivity index (χ0n) is 11.1. The van der Waals surface area contributed by atoms with Crippen molar-refractivity contribution >= 4 is 39.1 Å². The van der Waals surface area contributed by atoms with Gasteiger partial charge in [0.05, 0.1) is 16.1 Å². The Morgan fingerprint density at radius 2 is 2.00 bits per heavy atom. The van der Waals surface area contributed by atoms with Crippen molar-refractivity contribution in [3.63, 3.8) is 0 Å². The highest BCUT2D eigenvalue weighted by Gasteiger charge is 2.24. The number of benzene rings is 1. The van der Waals surface area contributed by atoms with Crippen molar-refractivity contribution in [1.82, 2.24) is 10.0 Å². The molecule has 1 aromatic carbocycles. The van der Waals surface area contributed by atoms with Crippen LogP contribution in [0, 0.1) is 0 Å². The lowest BCUT2D eigenvalue weighted by atomic mass is 10.3. The lowest BCUT2D eigenvalue weighted by Gasteiger charge is -2.15. The predicted octanol–water partition coefficient (Wildman–Crippen LogP) is 2.19. The van der Waals surface area contributed by atoms with Gasteiger partial charge in [0.2, 0.25) is 15.9 Å². The Bertz CT molecular complexity index is 590. The summed E-state index contributed by atoms with van der Waals surface area (Å²) >= 11 is 11.7. The van der Waals surface area contributed by atoms with E-state index in [1.807, 2.05) is 6.92 Å². The number of sulfonamides is 1. The molecule has 20 heavy (non-hydrogen) atoms. The second kappa shape index (κ2) is 7.26. The molecule has 0 aliphatic carbocycles. The molecule has 0 radical (unpaired) electrons. The van der Waals surface area contributed by atoms with Gasteiger partial charge in [0, 0.05) is 6.54 Å². The molecule has 0 bridgehead atoms. The molecule has 0 spiro atoms. The van der Waals surface area contributed by atoms with Crippen LogP contribution in [0.2, 0.25) is 10.0 Å². The fraction of sp³-hybridized carbons (Fsp3) is 0.417. The first-order valence-electron chi connectivity index (χ1n) is 6.03. The number of rotatable bonds is 6. The molecule has 1 amide bonds. The number of halogens is 2. The molecule has 0 aliphatic rings. The Balaban J connectivity index is 2.90. The Kier molecular flexibility index (Phi) is 6.26. The lowest BCUT2D eigenvalue weighted by Crippen LogP contribution is -2.44. The van der Waals surface area contributed by atoms with Gasteiger partial charge in [-0.05, 0) is 25.5 Å². The minimum Gasteiger partial charge on any atom is -0.355 e. The normalized spacial score (nSPS) is 13.0. The number of hydrogen-bond acceptors (Lipinski definition) is 3. The zero-order valence-corrected chi connectivity index (χ0v) is 13.4. The summed E-state index contributed by atoms with van der Waals surface area (Å²) in [4.78, 5) is 11.5. The lowest BCUT2D eigenvalue weighted by molar-refractivity contribution is -0.122. The van der Waals surface area contributed by atoms with Crippen molar-refractivity contribution in [2.24, 2.45) is 0 Å². The van der Waals surface area contributed by atoms with Gasteiger partial charge in [-0.1, -0.05) is 36.2 Å². The summed E-state index contributed by atoms with van der Waals surface area (Å²) < 4.78 is 26.6. The second-order valence-corrected chi connectivity index (χ2v) is 6.65. The van der Waals surface area contributed by atoms with E-state index < -0.39 is 22.0 Å². The summed E-state index contributed by atoms with van der Waals surface area (Å²) in [5, 5.41) is 2.68. The van der Waals surface area contributed by atoms with E-state index in [0.717, 1.165) is 6.42 Å². The fourth-order valence-electron chi connectivity index (χ4n) is 1.44. The first kappa shape index (κ1) is 17.2. The van der Waals surface area contributed by atoms with E-state index in [1.54, 1.807) is 0 Å². The highest BCUT2D eigenvalue weighted by atomic mass is 35.5. The zero-order chi connectivity index (χ0) is 15.3. The highest BCUT2D eigenvalue weighted by Crippen LogP contribution is 2.28. The van der Waals surface area contributed by atoms with E-state index in [9.17, 15) is 13.2 Å². The third kappa shape index (κ3) is 4.34. The maximum atomic E-state index is 12.2. The van der Waals surface area contributed by atoms with Crippen molar-refractivity contribution in [2.75, 3.05) is 6.54 Å². The first-order chi connectivity index (χ1) is 9.29. The van der Waals surface area contributed by atoms with Crippen LogP contribution in [0.1, 0.15) is 20.3 Å². The van der Waals surface area contributed by atoms with Crippen LogP contribution in [0.3, 0.4) is 0 Å². The monoisotopic (exact) mass is 338 g/mol. The summed E-state index contributed by atoms with van der Waals surface area (Å²) in [6.07, 6.45) is 0.769. The first-order valence-corrected chi connectivity index (χ1v) is 8.27. The molecule has 1 rings (SSSR count). The topological polar surface area (TPSA) is 75.3 Å². The predicted molar refractivity (Wildman–Crippen MR) is 79.5 cm³/mol. The molecule has 112 valence electrons. The Morgan fingerprint density at radius 1 is 1.35 bits per heavy atom. The van der Waals surface area contributed by atoms with Crippen molar-refractivity contribution < 1.29 is 13.2 Å². The second-order valence-electron chi connectivity index (χ2n) is 4.19. The number of nitrogens with one attached hydrogen (secondary N) is 2. The quantitative estimate of drug-likeness (QED) is 0.834. The van der Waals surface area contributed by atoms with E-state index >= 15 is 0 Å². The maximum Gasteiger partial charge on any atom is 0.242 e. The molecule has 1 atom stereocenters. The van der Waals surface area contributed by atoms with Gasteiger partial charge < -0.3 is 5.32 Å². The van der Waals surface area contributed by atoms with Gasteiger partial charge in [0.25, 0.3) is 0 Å². The molecule has 0 saturated heterocycles. The minimum absolute atomic E-state index is 0.0668. The van der Waals surface area contributed by atoms with Crippen LogP contribution in [0.5, 0.6) is 0 Å². The molecule has 1 aromatic rings. The molecular formula is C12H16Cl2N2O3S. The van der Waals surface area contributed by atoms with Crippen LogP contribution in [-0.2, 0) is 14.8 Å². The number of amides is 1. The largest absolute Gasteiger partial charge is 0.355 e. The van der Waals surface area contributed by atoms with Gasteiger partial charge in [-0.3, -0.25) is 4.79 Å². The number of carbonyl (C=O) groups is 1.